The van der Waals surface area contributed by atoms with Crippen molar-refractivity contribution in [3.8, 4) is 0 Å². The molecule has 8 heterocycles. The van der Waals surface area contributed by atoms with Gasteiger partial charge in [-0.3, -0.25) is 15.0 Å². The van der Waals surface area contributed by atoms with E-state index in [9.17, 15) is 0 Å². The van der Waals surface area contributed by atoms with Crippen LogP contribution in [0.2, 0.25) is 0 Å². The Morgan fingerprint density at radius 2 is 0.596 bits per heavy atom. The van der Waals surface area contributed by atoms with Gasteiger partial charge >= 0.3 is 0 Å². The largest absolute Gasteiger partial charge is 0.265 e. The van der Waals surface area contributed by atoms with Crippen molar-refractivity contribution in [3.63, 3.8) is 0 Å². The molecule has 0 aliphatic heterocycles. The smallest absolute Gasteiger partial charge is 0.125 e. The van der Waals surface area contributed by atoms with Crippen LogP contribution in [-0.4, -0.2) is 44.9 Å². The Hall–Kier alpha value is -6.69. The van der Waals surface area contributed by atoms with E-state index in [2.05, 4.69) is 128 Å². The van der Waals surface area contributed by atoms with E-state index in [-0.39, 0.29) is 0 Å². The first-order valence-corrected chi connectivity index (χ1v) is 37.4. The Balaban J connectivity index is -0.0000000546. The number of nitrogens with zero attached hydrogens (tertiary/aromatic N) is 9. The number of hydrogen-bond donors (Lipinski definition) is 0. The number of aromatic nitrogens is 9. The molecule has 0 saturated heterocycles. The fourth-order valence-corrected chi connectivity index (χ4v) is 5.32. The molecule has 0 aliphatic rings. The molecule has 0 unspecified atom stereocenters. The van der Waals surface area contributed by atoms with Crippen LogP contribution in [-0.2, 0) is 0 Å². The fraction of sp³-hybridized carbons (Fsp3) is 0.506. The number of thiophene rings is 2. The van der Waals surface area contributed by atoms with Crippen molar-refractivity contribution in [2.24, 2.45) is 0 Å². The Labute approximate surface area is 597 Å². The van der Waals surface area contributed by atoms with E-state index in [0.29, 0.717) is 0 Å². The lowest BCUT2D eigenvalue weighted by atomic mass is 10.2. The predicted molar refractivity (Wildman–Crippen MR) is 441 cm³/mol. The van der Waals surface area contributed by atoms with Crippen LogP contribution in [0, 0.1) is 76.2 Å². The average Bonchev–Trinajstić information content (AvgIpc) is 4.45. The van der Waals surface area contributed by atoms with Crippen LogP contribution < -0.4 is 0 Å². The van der Waals surface area contributed by atoms with Gasteiger partial charge in [0.05, 0.1) is 0 Å². The summed E-state index contributed by atoms with van der Waals surface area (Å²) in [5.41, 5.74) is 9.79. The first-order chi connectivity index (χ1) is 45.8. The van der Waals surface area contributed by atoms with E-state index in [1.807, 2.05) is 308 Å². The summed E-state index contributed by atoms with van der Waals surface area (Å²) in [6, 6.07) is 31.9. The highest BCUT2D eigenvalue weighted by molar-refractivity contribution is 7.10. The number of pyridine rings is 3. The fourth-order valence-electron chi connectivity index (χ4n) is 3.86. The Morgan fingerprint density at radius 1 is 0.255 bits per heavy atom. The minimum Gasteiger partial charge on any atom is -0.265 e. The van der Waals surface area contributed by atoms with E-state index in [0.717, 1.165) is 22.8 Å². The van der Waals surface area contributed by atoms with Crippen molar-refractivity contribution in [2.75, 3.05) is 0 Å². The molecule has 0 radical (unpaired) electrons. The summed E-state index contributed by atoms with van der Waals surface area (Å²) in [7, 11) is 0. The molecule has 9 nitrogen and oxygen atoms in total. The number of aryl methyl sites for hydroxylation is 11. The maximum Gasteiger partial charge on any atom is 0.125 e. The highest BCUT2D eigenvalue weighted by Gasteiger charge is 1.88. The molecule has 0 bridgehead atoms. The van der Waals surface area contributed by atoms with Gasteiger partial charge in [0.2, 0.25) is 0 Å². The molecule has 9 aromatic rings. The van der Waals surface area contributed by atoms with Crippen molar-refractivity contribution >= 4 is 22.7 Å². The third-order valence-electron chi connectivity index (χ3n) is 7.76. The van der Waals surface area contributed by atoms with Gasteiger partial charge in [-0.1, -0.05) is 262 Å². The molecule has 9 rings (SSSR count). The molecule has 0 aliphatic carbocycles. The van der Waals surface area contributed by atoms with Gasteiger partial charge in [0, 0.05) is 83.1 Å². The second-order valence-corrected chi connectivity index (χ2v) is 16.5. The summed E-state index contributed by atoms with van der Waals surface area (Å²) >= 11 is 3.61. The zero-order chi connectivity index (χ0) is 77.0. The lowest BCUT2D eigenvalue weighted by Gasteiger charge is -1.82. The van der Waals surface area contributed by atoms with Crippen LogP contribution in [0.25, 0.3) is 0 Å². The lowest BCUT2D eigenvalue weighted by molar-refractivity contribution is 1.05. The van der Waals surface area contributed by atoms with Gasteiger partial charge < -0.3 is 0 Å². The minimum absolute atomic E-state index is 0.822. The van der Waals surface area contributed by atoms with E-state index < -0.39 is 0 Å². The van der Waals surface area contributed by atoms with Crippen LogP contribution in [0.4, 0.5) is 0 Å². The first kappa shape index (κ1) is 124. The second kappa shape index (κ2) is 135. The maximum atomic E-state index is 3.98. The topological polar surface area (TPSA) is 116 Å². The normalized spacial score (nSPS) is 7.03. The SMILES string of the molecule is CC.CC.CC.CC.CC.CC.CC.CC.CC.CC.CC.CC.CC.CC.CCC.Cc1ccccc1.Cc1ccccn1.Cc1cccnc1.Cc1ccncc1.Cc1ccncn1.Cc1ccsc1C.Cc1ccsc1C.Cc1cncnc1.Cc1ncccn1. The van der Waals surface area contributed by atoms with Crippen molar-refractivity contribution in [1.29, 1.82) is 0 Å². The molecular formula is C83H155N9S2. The maximum absolute atomic E-state index is 3.98. The molecule has 1 aromatic carbocycles. The van der Waals surface area contributed by atoms with Crippen LogP contribution in [0.3, 0.4) is 0 Å². The average molecular weight is 1340 g/mol. The molecule has 0 amide bonds. The van der Waals surface area contributed by atoms with Gasteiger partial charge in [-0.25, -0.2) is 29.9 Å². The number of hydrogen-bond acceptors (Lipinski definition) is 11. The van der Waals surface area contributed by atoms with Crippen molar-refractivity contribution in [3.05, 3.63) is 243 Å². The van der Waals surface area contributed by atoms with Gasteiger partial charge in [0.1, 0.15) is 18.5 Å². The molecule has 0 fully saturated rings. The van der Waals surface area contributed by atoms with E-state index in [1.165, 1.54) is 56.6 Å². The van der Waals surface area contributed by atoms with Crippen LogP contribution >= 0.6 is 22.7 Å². The van der Waals surface area contributed by atoms with E-state index in [4.69, 9.17) is 0 Å². The zero-order valence-corrected chi connectivity index (χ0v) is 71.0. The summed E-state index contributed by atoms with van der Waals surface area (Å²) in [4.78, 5) is 37.5. The molecule has 0 saturated carbocycles. The van der Waals surface area contributed by atoms with E-state index >= 15 is 0 Å². The molecule has 8 aromatic heterocycles. The summed E-state index contributed by atoms with van der Waals surface area (Å²) in [6.07, 6.45) is 22.0. The van der Waals surface area contributed by atoms with Crippen LogP contribution in [0.1, 0.15) is 274 Å². The zero-order valence-electron chi connectivity index (χ0n) is 69.4. The number of benzene rings is 1. The summed E-state index contributed by atoms with van der Waals surface area (Å²) in [5, 5.41) is 4.23. The highest BCUT2D eigenvalue weighted by atomic mass is 32.1. The minimum atomic E-state index is 0.822. The Kier molecular flexibility index (Phi) is 178. The van der Waals surface area contributed by atoms with Gasteiger partial charge in [0.25, 0.3) is 0 Å². The monoisotopic (exact) mass is 1340 g/mol. The second-order valence-electron chi connectivity index (χ2n) is 14.3. The van der Waals surface area contributed by atoms with Gasteiger partial charge in [-0.15, -0.1) is 22.7 Å². The van der Waals surface area contributed by atoms with Gasteiger partial charge in [-0.2, -0.15) is 0 Å². The third-order valence-corrected chi connectivity index (χ3v) is 9.66. The highest BCUT2D eigenvalue weighted by Crippen LogP contribution is 2.13. The molecule has 0 spiro atoms. The van der Waals surface area contributed by atoms with Gasteiger partial charge in [-0.05, 0) is 169 Å². The van der Waals surface area contributed by atoms with Crippen molar-refractivity contribution in [1.82, 2.24) is 44.9 Å². The van der Waals surface area contributed by atoms with Crippen LogP contribution in [0.15, 0.2) is 182 Å². The molecule has 94 heavy (non-hydrogen) atoms. The van der Waals surface area contributed by atoms with Crippen molar-refractivity contribution < 1.29 is 0 Å². The Morgan fingerprint density at radius 3 is 0.755 bits per heavy atom. The summed E-state index contributed by atoms with van der Waals surface area (Å²) in [6.45, 7) is 82.7. The first-order valence-electron chi connectivity index (χ1n) is 35.6. The summed E-state index contributed by atoms with van der Waals surface area (Å²) in [5.74, 6) is 0.822. The quantitative estimate of drug-likeness (QED) is 0.146. The number of rotatable bonds is 0. The molecular weight excluding hydrogens is 1190 g/mol. The van der Waals surface area contributed by atoms with Gasteiger partial charge in [0.15, 0.2) is 0 Å². The van der Waals surface area contributed by atoms with E-state index in [1.54, 1.807) is 84.5 Å². The van der Waals surface area contributed by atoms with Crippen LogP contribution in [0.5, 0.6) is 0 Å². The third kappa shape index (κ3) is 126. The van der Waals surface area contributed by atoms with Crippen molar-refractivity contribution in [2.45, 2.75) is 290 Å². The lowest BCUT2D eigenvalue weighted by Crippen LogP contribution is -1.80. The molecule has 0 N–H and O–H groups in total. The summed E-state index contributed by atoms with van der Waals surface area (Å²) < 4.78 is 0. The molecule has 544 valence electrons. The molecule has 0 atom stereocenters. The molecule has 11 heteroatoms. The standard InChI is InChI=1S/C7H8.3C6H7N.2C6H8S.3C5H6N2.C3H8.14C2H6/c1-7-5-3-2-4-6-7;1-6-2-4-7-5-3-6;1-6-3-2-4-7-5-6;1-6-4-2-3-5-7-6;2*1-5-3-4-7-6(5)2;1-5-2-6-4-7-3-5;1-5-2-3-6-4-7-5;1-5-6-3-2-4-7-5;1-3-2;14*1-2/h2-6H,1H3;3*2-5H,1H3;2*3-4H,1-2H3;3*2-4H,1H3;3H2,1-2H3;14*1-2H3. The Bertz CT molecular complexity index is 1920. The predicted octanol–water partition coefficient (Wildman–Crippen LogP) is 29.0.